The maximum Gasteiger partial charge on any atom is 0.235 e. The molecule has 0 N–H and O–H groups in total. The third kappa shape index (κ3) is 3.53. The van der Waals surface area contributed by atoms with Crippen LogP contribution in [0.4, 0.5) is 0 Å². The van der Waals surface area contributed by atoms with Gasteiger partial charge in [-0.3, -0.25) is 0 Å². The summed E-state index contributed by atoms with van der Waals surface area (Å²) in [6, 6.07) is 7.98. The van der Waals surface area contributed by atoms with Gasteiger partial charge < -0.3 is 0 Å². The fourth-order valence-electron chi connectivity index (χ4n) is 1.14. The number of hydrogen-bond donors (Lipinski definition) is 0. The highest BCUT2D eigenvalue weighted by molar-refractivity contribution is 9.10. The predicted molar refractivity (Wildman–Crippen MR) is 55.4 cm³/mol. The van der Waals surface area contributed by atoms with Gasteiger partial charge in [0.05, 0.1) is 6.04 Å². The van der Waals surface area contributed by atoms with Gasteiger partial charge in [0.2, 0.25) is 6.08 Å². The molecule has 0 aliphatic heterocycles. The Bertz CT molecular complexity index is 331. The van der Waals surface area contributed by atoms with Crippen molar-refractivity contribution < 1.29 is 4.79 Å². The van der Waals surface area contributed by atoms with Gasteiger partial charge in [-0.05, 0) is 31.0 Å². The summed E-state index contributed by atoms with van der Waals surface area (Å²) < 4.78 is 1.05. The van der Waals surface area contributed by atoms with Gasteiger partial charge in [0.15, 0.2) is 0 Å². The van der Waals surface area contributed by atoms with Crippen LogP contribution in [0, 0.1) is 0 Å². The topological polar surface area (TPSA) is 29.4 Å². The van der Waals surface area contributed by atoms with Crippen molar-refractivity contribution in [2.75, 3.05) is 0 Å². The average molecular weight is 240 g/mol. The van der Waals surface area contributed by atoms with E-state index >= 15 is 0 Å². The fraction of sp³-hybridized carbons (Fsp3) is 0.300. The number of aliphatic imine (C=N–C) groups is 1. The Balaban J connectivity index is 2.68. The van der Waals surface area contributed by atoms with Crippen molar-refractivity contribution in [3.63, 3.8) is 0 Å². The molecule has 1 aromatic rings. The fourth-order valence-corrected chi connectivity index (χ4v) is 1.59. The molecule has 0 saturated carbocycles. The van der Waals surface area contributed by atoms with Crippen LogP contribution in [-0.2, 0) is 11.2 Å². The molecular weight excluding hydrogens is 230 g/mol. The molecule has 2 nitrogen and oxygen atoms in total. The Labute approximate surface area is 85.8 Å². The van der Waals surface area contributed by atoms with Crippen LogP contribution in [0.3, 0.4) is 0 Å². The van der Waals surface area contributed by atoms with Crippen LogP contribution in [0.25, 0.3) is 0 Å². The molecule has 0 aromatic heterocycles. The lowest BCUT2D eigenvalue weighted by Gasteiger charge is -2.03. The molecule has 0 saturated heterocycles. The quantitative estimate of drug-likeness (QED) is 0.590. The summed E-state index contributed by atoms with van der Waals surface area (Å²) in [6.45, 7) is 1.89. The molecule has 0 aliphatic carbocycles. The molecule has 13 heavy (non-hydrogen) atoms. The molecule has 68 valence electrons. The summed E-state index contributed by atoms with van der Waals surface area (Å²) >= 11 is 3.38. The maximum absolute atomic E-state index is 9.97. The zero-order valence-electron chi connectivity index (χ0n) is 7.33. The highest BCUT2D eigenvalue weighted by Crippen LogP contribution is 2.13. The molecule has 1 atom stereocenters. The van der Waals surface area contributed by atoms with Crippen LogP contribution in [0.2, 0.25) is 0 Å². The molecular formula is C10H10BrNO. The van der Waals surface area contributed by atoms with Crippen molar-refractivity contribution in [1.29, 1.82) is 0 Å². The number of rotatable bonds is 3. The standard InChI is InChI=1S/C10H10BrNO/c1-8(12-7-13)5-9-3-2-4-10(11)6-9/h2-4,6,8H,5H2,1H3. The smallest absolute Gasteiger partial charge is 0.211 e. The molecule has 0 bridgehead atoms. The number of hydrogen-bond acceptors (Lipinski definition) is 2. The van der Waals surface area contributed by atoms with E-state index in [-0.39, 0.29) is 6.04 Å². The minimum absolute atomic E-state index is 0.00630. The van der Waals surface area contributed by atoms with Crippen LogP contribution in [-0.4, -0.2) is 12.1 Å². The van der Waals surface area contributed by atoms with Gasteiger partial charge in [-0.1, -0.05) is 28.1 Å². The van der Waals surface area contributed by atoms with Gasteiger partial charge in [0, 0.05) is 4.47 Å². The first kappa shape index (κ1) is 10.2. The SMILES string of the molecule is CC(Cc1cccc(Br)c1)N=C=O. The summed E-state index contributed by atoms with van der Waals surface area (Å²) in [7, 11) is 0. The third-order valence-corrected chi connectivity index (χ3v) is 2.19. The lowest BCUT2D eigenvalue weighted by molar-refractivity contribution is 0.558. The monoisotopic (exact) mass is 239 g/mol. The van der Waals surface area contributed by atoms with E-state index in [9.17, 15) is 4.79 Å². The van der Waals surface area contributed by atoms with Crippen molar-refractivity contribution in [2.24, 2.45) is 4.99 Å². The zero-order chi connectivity index (χ0) is 9.68. The molecule has 0 spiro atoms. The molecule has 3 heteroatoms. The molecule has 1 rings (SSSR count). The second-order valence-electron chi connectivity index (χ2n) is 2.90. The van der Waals surface area contributed by atoms with Crippen molar-refractivity contribution in [3.8, 4) is 0 Å². The largest absolute Gasteiger partial charge is 0.235 e. The minimum Gasteiger partial charge on any atom is -0.211 e. The van der Waals surface area contributed by atoms with Crippen LogP contribution < -0.4 is 0 Å². The second kappa shape index (κ2) is 4.95. The van der Waals surface area contributed by atoms with Gasteiger partial charge in [0.1, 0.15) is 0 Å². The lowest BCUT2D eigenvalue weighted by Crippen LogP contribution is -2.02. The van der Waals surface area contributed by atoms with Gasteiger partial charge in [-0.15, -0.1) is 0 Å². The Morgan fingerprint density at radius 3 is 3.00 bits per heavy atom. The molecule has 1 unspecified atom stereocenters. The molecule has 0 amide bonds. The third-order valence-electron chi connectivity index (χ3n) is 1.69. The second-order valence-corrected chi connectivity index (χ2v) is 3.82. The minimum atomic E-state index is 0.00630. The van der Waals surface area contributed by atoms with Crippen LogP contribution >= 0.6 is 15.9 Å². The number of isocyanates is 1. The lowest BCUT2D eigenvalue weighted by atomic mass is 10.1. The first-order valence-corrected chi connectivity index (χ1v) is 4.83. The highest BCUT2D eigenvalue weighted by atomic mass is 79.9. The van der Waals surface area contributed by atoms with Gasteiger partial charge >= 0.3 is 0 Å². The van der Waals surface area contributed by atoms with E-state index in [0.717, 1.165) is 10.9 Å². The summed E-state index contributed by atoms with van der Waals surface area (Å²) in [5.41, 5.74) is 1.17. The van der Waals surface area contributed by atoms with Crippen LogP contribution in [0.5, 0.6) is 0 Å². The zero-order valence-corrected chi connectivity index (χ0v) is 8.91. The highest BCUT2D eigenvalue weighted by Gasteiger charge is 2.00. The Morgan fingerprint density at radius 2 is 2.38 bits per heavy atom. The van der Waals surface area contributed by atoms with Crippen molar-refractivity contribution >= 4 is 22.0 Å². The Morgan fingerprint density at radius 1 is 1.62 bits per heavy atom. The van der Waals surface area contributed by atoms with E-state index in [1.165, 1.54) is 5.56 Å². The number of nitrogens with zero attached hydrogens (tertiary/aromatic N) is 1. The van der Waals surface area contributed by atoms with E-state index in [4.69, 9.17) is 0 Å². The number of halogens is 1. The Hall–Kier alpha value is -0.920. The molecule has 1 aromatic carbocycles. The molecule has 0 aliphatic rings. The van der Waals surface area contributed by atoms with Gasteiger partial charge in [-0.25, -0.2) is 9.79 Å². The molecule has 0 heterocycles. The molecule has 0 fully saturated rings. The molecule has 0 radical (unpaired) electrons. The van der Waals surface area contributed by atoms with Crippen LogP contribution in [0.15, 0.2) is 33.7 Å². The van der Waals surface area contributed by atoms with Gasteiger partial charge in [-0.2, -0.15) is 0 Å². The Kier molecular flexibility index (Phi) is 3.87. The first-order valence-electron chi connectivity index (χ1n) is 4.04. The van der Waals surface area contributed by atoms with E-state index < -0.39 is 0 Å². The van der Waals surface area contributed by atoms with Crippen molar-refractivity contribution in [3.05, 3.63) is 34.3 Å². The summed E-state index contributed by atoms with van der Waals surface area (Å²) in [5, 5.41) is 0. The summed E-state index contributed by atoms with van der Waals surface area (Å²) in [6.07, 6.45) is 2.34. The van der Waals surface area contributed by atoms with E-state index in [1.807, 2.05) is 31.2 Å². The number of carbonyl (C=O) groups excluding carboxylic acids is 1. The van der Waals surface area contributed by atoms with Crippen molar-refractivity contribution in [1.82, 2.24) is 0 Å². The van der Waals surface area contributed by atoms with Crippen molar-refractivity contribution in [2.45, 2.75) is 19.4 Å². The summed E-state index contributed by atoms with van der Waals surface area (Å²) in [5.74, 6) is 0. The van der Waals surface area contributed by atoms with E-state index in [0.29, 0.717) is 0 Å². The first-order chi connectivity index (χ1) is 6.22. The van der Waals surface area contributed by atoms with Gasteiger partial charge in [0.25, 0.3) is 0 Å². The van der Waals surface area contributed by atoms with E-state index in [2.05, 4.69) is 20.9 Å². The maximum atomic E-state index is 9.97. The summed E-state index contributed by atoms with van der Waals surface area (Å²) in [4.78, 5) is 13.6. The predicted octanol–water partition coefficient (Wildman–Crippen LogP) is 2.72. The van der Waals surface area contributed by atoms with Crippen LogP contribution in [0.1, 0.15) is 12.5 Å². The normalized spacial score (nSPS) is 11.8. The average Bonchev–Trinajstić information content (AvgIpc) is 2.04. The number of benzene rings is 1. The van der Waals surface area contributed by atoms with E-state index in [1.54, 1.807) is 6.08 Å².